The van der Waals surface area contributed by atoms with Crippen LogP contribution in [0.5, 0.6) is 0 Å². The van der Waals surface area contributed by atoms with E-state index in [1.807, 2.05) is 33.0 Å². The number of nitrogens with zero attached hydrogens (tertiary/aromatic N) is 6. The van der Waals surface area contributed by atoms with Gasteiger partial charge in [0.2, 0.25) is 0 Å². The number of pyridine rings is 1. The standard InChI is InChI=1S/C20H24N6O3/c1-20(2,3)29-19(28)26(17-7-8-24(4)23-17)16-10-14(13-5-6-15(27)9-13)11-25-18(16)21-12-22-25/h7-8,10-13H,5-6,9H2,1-4H3/t13-/m0/s1. The minimum atomic E-state index is -0.677. The molecule has 29 heavy (non-hydrogen) atoms. The molecule has 0 N–H and O–H groups in total. The number of ketones is 1. The van der Waals surface area contributed by atoms with Crippen LogP contribution in [0, 0.1) is 0 Å². The van der Waals surface area contributed by atoms with Gasteiger partial charge in [-0.05, 0) is 44.7 Å². The maximum Gasteiger partial charge on any atom is 0.420 e. The highest BCUT2D eigenvalue weighted by Gasteiger charge is 2.31. The second kappa shape index (κ2) is 6.98. The number of carbonyl (C=O) groups is 2. The van der Waals surface area contributed by atoms with Crippen LogP contribution in [0.25, 0.3) is 5.65 Å². The molecular formula is C20H24N6O3. The highest BCUT2D eigenvalue weighted by Crippen LogP contribution is 2.37. The van der Waals surface area contributed by atoms with Crippen LogP contribution in [0.3, 0.4) is 0 Å². The lowest BCUT2D eigenvalue weighted by Gasteiger charge is -2.26. The van der Waals surface area contributed by atoms with Gasteiger partial charge >= 0.3 is 6.09 Å². The van der Waals surface area contributed by atoms with Crippen LogP contribution in [0.15, 0.2) is 30.9 Å². The Morgan fingerprint density at radius 2 is 2.14 bits per heavy atom. The molecule has 1 atom stereocenters. The normalized spacial score (nSPS) is 17.1. The fourth-order valence-electron chi connectivity index (χ4n) is 3.56. The molecule has 1 aliphatic rings. The first kappa shape index (κ1) is 19.1. The summed E-state index contributed by atoms with van der Waals surface area (Å²) in [7, 11) is 1.78. The number of anilines is 2. The van der Waals surface area contributed by atoms with Crippen molar-refractivity contribution in [1.82, 2.24) is 24.4 Å². The van der Waals surface area contributed by atoms with Crippen molar-refractivity contribution in [1.29, 1.82) is 0 Å². The van der Waals surface area contributed by atoms with Crippen molar-refractivity contribution in [2.24, 2.45) is 7.05 Å². The third-order valence-corrected chi connectivity index (χ3v) is 4.84. The number of hydrogen-bond acceptors (Lipinski definition) is 6. The number of amides is 1. The van der Waals surface area contributed by atoms with Crippen molar-refractivity contribution >= 4 is 29.0 Å². The van der Waals surface area contributed by atoms with Crippen LogP contribution in [-0.2, 0) is 16.6 Å². The molecule has 0 aliphatic heterocycles. The molecule has 0 bridgehead atoms. The summed E-state index contributed by atoms with van der Waals surface area (Å²) in [6.45, 7) is 5.44. The number of hydrogen-bond donors (Lipinski definition) is 0. The van der Waals surface area contributed by atoms with Crippen molar-refractivity contribution < 1.29 is 14.3 Å². The van der Waals surface area contributed by atoms with Crippen LogP contribution in [0.4, 0.5) is 16.3 Å². The van der Waals surface area contributed by atoms with E-state index in [0.29, 0.717) is 30.0 Å². The number of aryl methyl sites for hydroxylation is 1. The van der Waals surface area contributed by atoms with Crippen molar-refractivity contribution in [3.63, 3.8) is 0 Å². The molecule has 9 nitrogen and oxygen atoms in total. The van der Waals surface area contributed by atoms with Gasteiger partial charge < -0.3 is 4.74 Å². The topological polar surface area (TPSA) is 94.6 Å². The minimum Gasteiger partial charge on any atom is -0.443 e. The molecule has 0 aromatic carbocycles. The molecule has 152 valence electrons. The molecule has 1 fully saturated rings. The van der Waals surface area contributed by atoms with Crippen molar-refractivity contribution in [2.75, 3.05) is 4.90 Å². The van der Waals surface area contributed by atoms with E-state index in [4.69, 9.17) is 4.74 Å². The van der Waals surface area contributed by atoms with E-state index >= 15 is 0 Å². The predicted molar refractivity (Wildman–Crippen MR) is 106 cm³/mol. The maximum atomic E-state index is 13.2. The highest BCUT2D eigenvalue weighted by molar-refractivity contribution is 5.99. The Kier molecular flexibility index (Phi) is 4.60. The summed E-state index contributed by atoms with van der Waals surface area (Å²) >= 11 is 0. The lowest BCUT2D eigenvalue weighted by atomic mass is 9.99. The van der Waals surface area contributed by atoms with E-state index in [2.05, 4.69) is 15.2 Å². The molecule has 1 saturated carbocycles. The highest BCUT2D eigenvalue weighted by atomic mass is 16.6. The number of carbonyl (C=O) groups excluding carboxylic acids is 2. The third-order valence-electron chi connectivity index (χ3n) is 4.84. The van der Waals surface area contributed by atoms with E-state index in [1.54, 1.807) is 28.5 Å². The maximum absolute atomic E-state index is 13.2. The van der Waals surface area contributed by atoms with Gasteiger partial charge in [0.15, 0.2) is 11.5 Å². The average molecular weight is 396 g/mol. The lowest BCUT2D eigenvalue weighted by Crippen LogP contribution is -2.34. The van der Waals surface area contributed by atoms with Crippen LogP contribution in [0.2, 0.25) is 0 Å². The molecule has 1 aliphatic carbocycles. The van der Waals surface area contributed by atoms with E-state index < -0.39 is 11.7 Å². The molecule has 0 spiro atoms. The van der Waals surface area contributed by atoms with Gasteiger partial charge in [0.05, 0.1) is 5.69 Å². The monoisotopic (exact) mass is 396 g/mol. The third kappa shape index (κ3) is 3.85. The summed E-state index contributed by atoms with van der Waals surface area (Å²) in [5.74, 6) is 0.773. The summed E-state index contributed by atoms with van der Waals surface area (Å²) in [6, 6.07) is 3.63. The van der Waals surface area contributed by atoms with Crippen LogP contribution >= 0.6 is 0 Å². The molecule has 3 heterocycles. The molecular weight excluding hydrogens is 372 g/mol. The summed E-state index contributed by atoms with van der Waals surface area (Å²) in [5.41, 5.74) is 1.29. The van der Waals surface area contributed by atoms with Crippen molar-refractivity contribution in [2.45, 2.75) is 51.6 Å². The molecule has 0 unspecified atom stereocenters. The van der Waals surface area contributed by atoms with Gasteiger partial charge in [-0.25, -0.2) is 19.2 Å². The molecule has 0 saturated heterocycles. The van der Waals surface area contributed by atoms with Gasteiger partial charge in [0.25, 0.3) is 0 Å². The fraction of sp³-hybridized carbons (Fsp3) is 0.450. The summed E-state index contributed by atoms with van der Waals surface area (Å²) in [6.07, 6.45) is 6.37. The van der Waals surface area contributed by atoms with E-state index in [1.165, 1.54) is 11.2 Å². The molecule has 1 amide bonds. The lowest BCUT2D eigenvalue weighted by molar-refractivity contribution is -0.117. The fourth-order valence-corrected chi connectivity index (χ4v) is 3.56. The van der Waals surface area contributed by atoms with Gasteiger partial charge in [-0.15, -0.1) is 0 Å². The zero-order valence-electron chi connectivity index (χ0n) is 17.0. The van der Waals surface area contributed by atoms with Gasteiger partial charge in [-0.1, -0.05) is 0 Å². The molecule has 3 aromatic rings. The number of fused-ring (bicyclic) bond motifs is 1. The van der Waals surface area contributed by atoms with Crippen molar-refractivity contribution in [3.05, 3.63) is 36.4 Å². The van der Waals surface area contributed by atoms with E-state index in [9.17, 15) is 9.59 Å². The quantitative estimate of drug-likeness (QED) is 0.674. The molecule has 9 heteroatoms. The Balaban J connectivity index is 1.86. The van der Waals surface area contributed by atoms with E-state index in [0.717, 1.165) is 12.0 Å². The SMILES string of the molecule is Cn1ccc(N(C(=O)OC(C)(C)C)c2cc([C@H]3CCC(=O)C3)cn3ncnc23)n1. The Hall–Kier alpha value is -3.23. The molecule has 3 aromatic heterocycles. The molecule has 0 radical (unpaired) electrons. The first-order valence-electron chi connectivity index (χ1n) is 9.59. The zero-order chi connectivity index (χ0) is 20.8. The van der Waals surface area contributed by atoms with Gasteiger partial charge in [-0.3, -0.25) is 9.48 Å². The molecule has 4 rings (SSSR count). The van der Waals surface area contributed by atoms with Gasteiger partial charge in [0, 0.05) is 38.3 Å². The second-order valence-corrected chi connectivity index (χ2v) is 8.33. The Morgan fingerprint density at radius 1 is 1.34 bits per heavy atom. The first-order chi connectivity index (χ1) is 13.7. The summed E-state index contributed by atoms with van der Waals surface area (Å²) in [4.78, 5) is 30.7. The van der Waals surface area contributed by atoms with Gasteiger partial charge in [0.1, 0.15) is 17.7 Å². The predicted octanol–water partition coefficient (Wildman–Crippen LogP) is 3.37. The smallest absolute Gasteiger partial charge is 0.420 e. The number of rotatable bonds is 3. The Morgan fingerprint density at radius 3 is 2.76 bits per heavy atom. The van der Waals surface area contributed by atoms with Crippen molar-refractivity contribution in [3.8, 4) is 0 Å². The zero-order valence-corrected chi connectivity index (χ0v) is 17.0. The first-order valence-corrected chi connectivity index (χ1v) is 9.59. The Bertz CT molecular complexity index is 1080. The number of Topliss-reactive ketones (excluding diaryl/α,β-unsaturated/α-hetero) is 1. The number of aromatic nitrogens is 5. The van der Waals surface area contributed by atoms with Crippen LogP contribution < -0.4 is 4.90 Å². The number of ether oxygens (including phenoxy) is 1. The largest absolute Gasteiger partial charge is 0.443 e. The van der Waals surface area contributed by atoms with Gasteiger partial charge in [-0.2, -0.15) is 10.2 Å². The Labute approximate surface area is 168 Å². The summed E-state index contributed by atoms with van der Waals surface area (Å²) < 4.78 is 8.90. The van der Waals surface area contributed by atoms with Crippen LogP contribution in [-0.4, -0.2) is 41.9 Å². The van der Waals surface area contributed by atoms with E-state index in [-0.39, 0.29) is 11.7 Å². The van der Waals surface area contributed by atoms with Crippen LogP contribution in [0.1, 0.15) is 51.5 Å². The minimum absolute atomic E-state index is 0.0964. The average Bonchev–Trinajstić information content (AvgIpc) is 3.34. The summed E-state index contributed by atoms with van der Waals surface area (Å²) in [5, 5.41) is 8.66. The second-order valence-electron chi connectivity index (χ2n) is 8.33.